The van der Waals surface area contributed by atoms with Crippen molar-refractivity contribution in [3.05, 3.63) is 17.7 Å². The Morgan fingerprint density at radius 3 is 2.65 bits per heavy atom. The summed E-state index contributed by atoms with van der Waals surface area (Å²) in [5.41, 5.74) is 0.868. The molecule has 0 atom stereocenters. The summed E-state index contributed by atoms with van der Waals surface area (Å²) >= 11 is 0. The molecule has 5 heteroatoms. The number of rotatable bonds is 4. The molecule has 0 aromatic heterocycles. The van der Waals surface area contributed by atoms with Gasteiger partial charge in [0.05, 0.1) is 0 Å². The molecule has 0 spiro atoms. The standard InChI is InChI=1S/C15H22N2O3/c1-2-17-5-3-12(4-6-17)16-9-11-7-14-15(8-13(11)18)20-10-19-14/h7-8,12,16,18H,2-6,9-10H2,1H3. The predicted molar refractivity (Wildman–Crippen MR) is 76.2 cm³/mol. The highest BCUT2D eigenvalue weighted by Gasteiger charge is 2.20. The van der Waals surface area contributed by atoms with Gasteiger partial charge in [-0.25, -0.2) is 0 Å². The summed E-state index contributed by atoms with van der Waals surface area (Å²) in [4.78, 5) is 2.47. The fourth-order valence-corrected chi connectivity index (χ4v) is 2.82. The molecule has 3 rings (SSSR count). The van der Waals surface area contributed by atoms with E-state index in [-0.39, 0.29) is 12.5 Å². The maximum Gasteiger partial charge on any atom is 0.231 e. The van der Waals surface area contributed by atoms with Gasteiger partial charge in [0.25, 0.3) is 0 Å². The largest absolute Gasteiger partial charge is 0.507 e. The Morgan fingerprint density at radius 1 is 1.25 bits per heavy atom. The summed E-state index contributed by atoms with van der Waals surface area (Å²) in [7, 11) is 0. The lowest BCUT2D eigenvalue weighted by atomic mass is 10.0. The molecule has 110 valence electrons. The Bertz CT molecular complexity index is 470. The lowest BCUT2D eigenvalue weighted by molar-refractivity contribution is 0.174. The van der Waals surface area contributed by atoms with Crippen molar-refractivity contribution in [3.8, 4) is 17.2 Å². The van der Waals surface area contributed by atoms with E-state index in [0.29, 0.717) is 18.3 Å². The molecule has 0 aliphatic carbocycles. The van der Waals surface area contributed by atoms with Gasteiger partial charge < -0.3 is 24.8 Å². The Kier molecular flexibility index (Phi) is 3.98. The van der Waals surface area contributed by atoms with Crippen molar-refractivity contribution in [2.24, 2.45) is 0 Å². The third kappa shape index (κ3) is 2.83. The SMILES string of the molecule is CCN1CCC(NCc2cc3c(cc2O)OCO3)CC1. The van der Waals surface area contributed by atoms with Crippen LogP contribution >= 0.6 is 0 Å². The molecule has 1 fully saturated rings. The molecule has 0 radical (unpaired) electrons. The van der Waals surface area contributed by atoms with E-state index in [2.05, 4.69) is 17.1 Å². The maximum atomic E-state index is 10.0. The fourth-order valence-electron chi connectivity index (χ4n) is 2.82. The molecular weight excluding hydrogens is 256 g/mol. The Labute approximate surface area is 119 Å². The second-order valence-corrected chi connectivity index (χ2v) is 5.42. The number of nitrogens with zero attached hydrogens (tertiary/aromatic N) is 1. The molecule has 1 aromatic carbocycles. The van der Waals surface area contributed by atoms with E-state index < -0.39 is 0 Å². The minimum absolute atomic E-state index is 0.237. The quantitative estimate of drug-likeness (QED) is 0.878. The number of benzene rings is 1. The van der Waals surface area contributed by atoms with Crippen molar-refractivity contribution in [1.29, 1.82) is 0 Å². The van der Waals surface area contributed by atoms with Crippen molar-refractivity contribution in [1.82, 2.24) is 10.2 Å². The first-order valence-corrected chi connectivity index (χ1v) is 7.33. The average Bonchev–Trinajstić information content (AvgIpc) is 2.92. The first kappa shape index (κ1) is 13.5. The highest BCUT2D eigenvalue weighted by Crippen LogP contribution is 2.37. The second kappa shape index (κ2) is 5.89. The van der Waals surface area contributed by atoms with Gasteiger partial charge in [0.2, 0.25) is 6.79 Å². The van der Waals surface area contributed by atoms with Crippen LogP contribution in [0.3, 0.4) is 0 Å². The molecular formula is C15H22N2O3. The molecule has 2 heterocycles. The monoisotopic (exact) mass is 278 g/mol. The minimum atomic E-state index is 0.237. The van der Waals surface area contributed by atoms with E-state index >= 15 is 0 Å². The van der Waals surface area contributed by atoms with Gasteiger partial charge in [-0.1, -0.05) is 6.92 Å². The molecule has 2 N–H and O–H groups in total. The summed E-state index contributed by atoms with van der Waals surface area (Å²) in [5.74, 6) is 1.62. The van der Waals surface area contributed by atoms with E-state index in [1.165, 1.54) is 12.8 Å². The van der Waals surface area contributed by atoms with E-state index in [1.54, 1.807) is 6.07 Å². The highest BCUT2D eigenvalue weighted by molar-refractivity contribution is 5.51. The third-order valence-electron chi connectivity index (χ3n) is 4.19. The molecule has 20 heavy (non-hydrogen) atoms. The normalized spacial score (nSPS) is 19.4. The van der Waals surface area contributed by atoms with E-state index in [9.17, 15) is 5.11 Å². The molecule has 0 bridgehead atoms. The van der Waals surface area contributed by atoms with E-state index in [4.69, 9.17) is 9.47 Å². The van der Waals surface area contributed by atoms with Crippen LogP contribution in [0.5, 0.6) is 17.2 Å². The van der Waals surface area contributed by atoms with E-state index in [0.717, 1.165) is 30.9 Å². The lowest BCUT2D eigenvalue weighted by Gasteiger charge is -2.31. The van der Waals surface area contributed by atoms with Crippen LogP contribution < -0.4 is 14.8 Å². The molecule has 0 saturated carbocycles. The number of phenols is 1. The van der Waals surface area contributed by atoms with Gasteiger partial charge in [-0.05, 0) is 38.5 Å². The number of nitrogens with one attached hydrogen (secondary N) is 1. The van der Waals surface area contributed by atoms with Gasteiger partial charge in [0, 0.05) is 24.2 Å². The minimum Gasteiger partial charge on any atom is -0.507 e. The number of likely N-dealkylation sites (tertiary alicyclic amines) is 1. The lowest BCUT2D eigenvalue weighted by Crippen LogP contribution is -2.42. The number of phenolic OH excluding ortho intramolecular Hbond substituents is 1. The van der Waals surface area contributed by atoms with Crippen LogP contribution in [0.4, 0.5) is 0 Å². The van der Waals surface area contributed by atoms with Gasteiger partial charge in [-0.2, -0.15) is 0 Å². The van der Waals surface area contributed by atoms with Crippen molar-refractivity contribution in [2.45, 2.75) is 32.4 Å². The first-order chi connectivity index (χ1) is 9.76. The highest BCUT2D eigenvalue weighted by atomic mass is 16.7. The van der Waals surface area contributed by atoms with Crippen LogP contribution in [0.15, 0.2) is 12.1 Å². The van der Waals surface area contributed by atoms with Crippen LogP contribution in [0.1, 0.15) is 25.3 Å². The number of fused-ring (bicyclic) bond motifs is 1. The molecule has 5 nitrogen and oxygen atoms in total. The van der Waals surface area contributed by atoms with Crippen LogP contribution in [0, 0.1) is 0 Å². The summed E-state index contributed by atoms with van der Waals surface area (Å²) in [6.45, 7) is 6.55. The zero-order chi connectivity index (χ0) is 13.9. The van der Waals surface area contributed by atoms with E-state index in [1.807, 2.05) is 6.07 Å². The van der Waals surface area contributed by atoms with Crippen LogP contribution in [0.2, 0.25) is 0 Å². The van der Waals surface area contributed by atoms with Crippen molar-refractivity contribution in [2.75, 3.05) is 26.4 Å². The van der Waals surface area contributed by atoms with Gasteiger partial charge >= 0.3 is 0 Å². The van der Waals surface area contributed by atoms with Crippen molar-refractivity contribution in [3.63, 3.8) is 0 Å². The van der Waals surface area contributed by atoms with Crippen LogP contribution in [0.25, 0.3) is 0 Å². The Balaban J connectivity index is 1.56. The molecule has 0 amide bonds. The average molecular weight is 278 g/mol. The maximum absolute atomic E-state index is 10.0. The van der Waals surface area contributed by atoms with Crippen LogP contribution in [-0.4, -0.2) is 42.5 Å². The molecule has 1 aromatic rings. The van der Waals surface area contributed by atoms with Crippen molar-refractivity contribution < 1.29 is 14.6 Å². The smallest absolute Gasteiger partial charge is 0.231 e. The number of ether oxygens (including phenoxy) is 2. The number of hydrogen-bond acceptors (Lipinski definition) is 5. The molecule has 2 aliphatic heterocycles. The number of hydrogen-bond donors (Lipinski definition) is 2. The number of aromatic hydroxyl groups is 1. The third-order valence-corrected chi connectivity index (χ3v) is 4.19. The fraction of sp³-hybridized carbons (Fsp3) is 0.600. The van der Waals surface area contributed by atoms with Gasteiger partial charge in [0.1, 0.15) is 5.75 Å². The van der Waals surface area contributed by atoms with Gasteiger partial charge in [-0.3, -0.25) is 0 Å². The zero-order valence-corrected chi connectivity index (χ0v) is 11.9. The van der Waals surface area contributed by atoms with Crippen LogP contribution in [-0.2, 0) is 6.54 Å². The first-order valence-electron chi connectivity index (χ1n) is 7.33. The number of piperidine rings is 1. The summed E-state index contributed by atoms with van der Waals surface area (Å²) in [5, 5.41) is 13.5. The predicted octanol–water partition coefficient (Wildman–Crippen LogP) is 1.69. The topological polar surface area (TPSA) is 54.0 Å². The zero-order valence-electron chi connectivity index (χ0n) is 11.9. The van der Waals surface area contributed by atoms with Gasteiger partial charge in [-0.15, -0.1) is 0 Å². The molecule has 0 unspecified atom stereocenters. The van der Waals surface area contributed by atoms with Crippen molar-refractivity contribution >= 4 is 0 Å². The van der Waals surface area contributed by atoms with Gasteiger partial charge in [0.15, 0.2) is 11.5 Å². The summed E-state index contributed by atoms with van der Waals surface area (Å²) in [6.07, 6.45) is 2.33. The Morgan fingerprint density at radius 2 is 1.95 bits per heavy atom. The summed E-state index contributed by atoms with van der Waals surface area (Å²) < 4.78 is 10.6. The molecule has 2 aliphatic rings. The summed E-state index contributed by atoms with van der Waals surface area (Å²) in [6, 6.07) is 4.04. The molecule has 1 saturated heterocycles. The Hall–Kier alpha value is -1.46. The second-order valence-electron chi connectivity index (χ2n) is 5.42.